The predicted molar refractivity (Wildman–Crippen MR) is 70.6 cm³/mol. The summed E-state index contributed by atoms with van der Waals surface area (Å²) < 4.78 is 10.6. The molecule has 1 saturated carbocycles. The van der Waals surface area contributed by atoms with Gasteiger partial charge in [0.05, 0.1) is 24.8 Å². The van der Waals surface area contributed by atoms with Crippen LogP contribution < -0.4 is 15.2 Å². The standard InChI is InChI=1S/C13H18ClNO3/c1-17-9-7-8(14)11(16)10(12(9)18-2)13(15)5-3-4-6-13/h7,16H,3-6,15H2,1-2H3. The summed E-state index contributed by atoms with van der Waals surface area (Å²) in [6.07, 6.45) is 3.68. The molecule has 1 aliphatic carbocycles. The van der Waals surface area contributed by atoms with Crippen molar-refractivity contribution in [2.45, 2.75) is 31.2 Å². The van der Waals surface area contributed by atoms with Crippen molar-refractivity contribution >= 4 is 11.6 Å². The third-order valence-corrected chi connectivity index (χ3v) is 3.88. The number of hydrogen-bond acceptors (Lipinski definition) is 4. The quantitative estimate of drug-likeness (QED) is 0.887. The first-order valence-corrected chi connectivity index (χ1v) is 6.34. The molecule has 0 radical (unpaired) electrons. The Morgan fingerprint density at radius 1 is 1.28 bits per heavy atom. The number of benzene rings is 1. The van der Waals surface area contributed by atoms with E-state index >= 15 is 0 Å². The summed E-state index contributed by atoms with van der Waals surface area (Å²) >= 11 is 6.03. The van der Waals surface area contributed by atoms with Crippen molar-refractivity contribution in [3.8, 4) is 17.2 Å². The Morgan fingerprint density at radius 3 is 2.39 bits per heavy atom. The highest BCUT2D eigenvalue weighted by atomic mass is 35.5. The topological polar surface area (TPSA) is 64.7 Å². The molecule has 18 heavy (non-hydrogen) atoms. The molecule has 1 fully saturated rings. The lowest BCUT2D eigenvalue weighted by molar-refractivity contribution is 0.327. The van der Waals surface area contributed by atoms with Crippen LogP contribution in [0.2, 0.25) is 5.02 Å². The van der Waals surface area contributed by atoms with Crippen LogP contribution in [0.15, 0.2) is 6.07 Å². The van der Waals surface area contributed by atoms with Gasteiger partial charge in [-0.1, -0.05) is 24.4 Å². The fourth-order valence-electron chi connectivity index (χ4n) is 2.67. The number of rotatable bonds is 3. The molecule has 4 nitrogen and oxygen atoms in total. The number of phenolic OH excluding ortho intramolecular Hbond substituents is 1. The zero-order valence-electron chi connectivity index (χ0n) is 10.6. The van der Waals surface area contributed by atoms with Crippen LogP contribution in [0.5, 0.6) is 17.2 Å². The van der Waals surface area contributed by atoms with E-state index in [2.05, 4.69) is 0 Å². The first-order valence-electron chi connectivity index (χ1n) is 5.96. The average Bonchev–Trinajstić information content (AvgIpc) is 2.79. The van der Waals surface area contributed by atoms with Gasteiger partial charge in [0.15, 0.2) is 11.5 Å². The highest BCUT2D eigenvalue weighted by molar-refractivity contribution is 6.32. The number of methoxy groups -OCH3 is 2. The molecule has 0 heterocycles. The largest absolute Gasteiger partial charge is 0.506 e. The van der Waals surface area contributed by atoms with Crippen LogP contribution in [0.3, 0.4) is 0 Å². The van der Waals surface area contributed by atoms with Crippen LogP contribution in [-0.2, 0) is 5.54 Å². The summed E-state index contributed by atoms with van der Waals surface area (Å²) in [4.78, 5) is 0. The highest BCUT2D eigenvalue weighted by Crippen LogP contribution is 2.51. The monoisotopic (exact) mass is 271 g/mol. The molecule has 0 bridgehead atoms. The second-order valence-corrected chi connectivity index (χ2v) is 5.09. The van der Waals surface area contributed by atoms with Gasteiger partial charge in [-0.2, -0.15) is 0 Å². The SMILES string of the molecule is COc1cc(Cl)c(O)c(C2(N)CCCC2)c1OC. The van der Waals surface area contributed by atoms with Crippen LogP contribution in [-0.4, -0.2) is 19.3 Å². The van der Waals surface area contributed by atoms with Crippen LogP contribution in [0.25, 0.3) is 0 Å². The highest BCUT2D eigenvalue weighted by Gasteiger charge is 2.38. The van der Waals surface area contributed by atoms with Crippen LogP contribution >= 0.6 is 11.6 Å². The van der Waals surface area contributed by atoms with Gasteiger partial charge in [-0.25, -0.2) is 0 Å². The second-order valence-electron chi connectivity index (χ2n) is 4.68. The van der Waals surface area contributed by atoms with Gasteiger partial charge in [0, 0.05) is 11.6 Å². The molecule has 1 aromatic rings. The van der Waals surface area contributed by atoms with Gasteiger partial charge in [-0.05, 0) is 12.8 Å². The smallest absolute Gasteiger partial charge is 0.169 e. The van der Waals surface area contributed by atoms with E-state index in [4.69, 9.17) is 26.8 Å². The van der Waals surface area contributed by atoms with E-state index in [1.807, 2.05) is 0 Å². The van der Waals surface area contributed by atoms with E-state index in [0.29, 0.717) is 17.1 Å². The summed E-state index contributed by atoms with van der Waals surface area (Å²) in [5, 5.41) is 10.4. The van der Waals surface area contributed by atoms with E-state index in [9.17, 15) is 5.11 Å². The van der Waals surface area contributed by atoms with Gasteiger partial charge in [-0.15, -0.1) is 0 Å². The van der Waals surface area contributed by atoms with E-state index in [0.717, 1.165) is 25.7 Å². The van der Waals surface area contributed by atoms with Crippen LogP contribution in [0.4, 0.5) is 0 Å². The Hall–Kier alpha value is -1.13. The predicted octanol–water partition coefficient (Wildman–Crippen LogP) is 2.79. The second kappa shape index (κ2) is 4.86. The molecule has 100 valence electrons. The zero-order chi connectivity index (χ0) is 13.3. The van der Waals surface area contributed by atoms with Gasteiger partial charge in [0.1, 0.15) is 5.75 Å². The number of phenols is 1. The summed E-state index contributed by atoms with van der Waals surface area (Å²) in [7, 11) is 3.07. The van der Waals surface area contributed by atoms with Gasteiger partial charge >= 0.3 is 0 Å². The van der Waals surface area contributed by atoms with Crippen molar-refractivity contribution in [1.82, 2.24) is 0 Å². The van der Waals surface area contributed by atoms with E-state index in [-0.39, 0.29) is 10.8 Å². The number of hydrogen-bond donors (Lipinski definition) is 2. The molecule has 2 rings (SSSR count). The zero-order valence-corrected chi connectivity index (χ0v) is 11.4. The summed E-state index contributed by atoms with van der Waals surface area (Å²) in [5.74, 6) is 0.967. The fraction of sp³-hybridized carbons (Fsp3) is 0.538. The Balaban J connectivity index is 2.66. The molecule has 1 aromatic carbocycles. The van der Waals surface area contributed by atoms with Crippen molar-refractivity contribution in [3.63, 3.8) is 0 Å². The van der Waals surface area contributed by atoms with Crippen LogP contribution in [0.1, 0.15) is 31.2 Å². The van der Waals surface area contributed by atoms with Gasteiger partial charge < -0.3 is 20.3 Å². The lowest BCUT2D eigenvalue weighted by Gasteiger charge is -2.28. The lowest BCUT2D eigenvalue weighted by Crippen LogP contribution is -2.33. The molecule has 0 aromatic heterocycles. The molecule has 5 heteroatoms. The number of ether oxygens (including phenoxy) is 2. The Morgan fingerprint density at radius 2 is 1.89 bits per heavy atom. The molecule has 0 saturated heterocycles. The maximum atomic E-state index is 10.2. The molecule has 0 amide bonds. The fourth-order valence-corrected chi connectivity index (χ4v) is 2.86. The van der Waals surface area contributed by atoms with Gasteiger partial charge in [0.25, 0.3) is 0 Å². The van der Waals surface area contributed by atoms with Crippen molar-refractivity contribution in [3.05, 3.63) is 16.7 Å². The molecular weight excluding hydrogens is 254 g/mol. The van der Waals surface area contributed by atoms with Crippen molar-refractivity contribution < 1.29 is 14.6 Å². The summed E-state index contributed by atoms with van der Waals surface area (Å²) in [5.41, 5.74) is 6.37. The van der Waals surface area contributed by atoms with Crippen molar-refractivity contribution in [2.24, 2.45) is 5.73 Å². The van der Waals surface area contributed by atoms with Crippen molar-refractivity contribution in [2.75, 3.05) is 14.2 Å². The maximum absolute atomic E-state index is 10.2. The van der Waals surface area contributed by atoms with E-state index in [1.165, 1.54) is 20.3 Å². The third-order valence-electron chi connectivity index (χ3n) is 3.59. The van der Waals surface area contributed by atoms with E-state index in [1.54, 1.807) is 0 Å². The molecule has 3 N–H and O–H groups in total. The van der Waals surface area contributed by atoms with Crippen LogP contribution in [0, 0.1) is 0 Å². The third kappa shape index (κ3) is 1.99. The number of halogens is 1. The first kappa shape index (κ1) is 13.3. The van der Waals surface area contributed by atoms with Crippen molar-refractivity contribution in [1.29, 1.82) is 0 Å². The average molecular weight is 272 g/mol. The van der Waals surface area contributed by atoms with E-state index < -0.39 is 5.54 Å². The lowest BCUT2D eigenvalue weighted by atomic mass is 9.87. The minimum Gasteiger partial charge on any atom is -0.506 e. The van der Waals surface area contributed by atoms with Gasteiger partial charge in [-0.3, -0.25) is 0 Å². The Kier molecular flexibility index (Phi) is 3.59. The molecule has 1 aliphatic rings. The molecule has 0 unspecified atom stereocenters. The normalized spacial score (nSPS) is 17.8. The molecule has 0 atom stereocenters. The Bertz CT molecular complexity index is 456. The number of nitrogens with two attached hydrogens (primary N) is 1. The minimum atomic E-state index is -0.590. The Labute approximate surface area is 112 Å². The molecular formula is C13H18ClNO3. The summed E-state index contributed by atoms with van der Waals surface area (Å²) in [6.45, 7) is 0. The molecule has 0 aliphatic heterocycles. The minimum absolute atomic E-state index is 0.00119. The first-order chi connectivity index (χ1) is 8.53. The van der Waals surface area contributed by atoms with Gasteiger partial charge in [0.2, 0.25) is 0 Å². The molecule has 0 spiro atoms. The summed E-state index contributed by atoms with van der Waals surface area (Å²) in [6, 6.07) is 1.54. The maximum Gasteiger partial charge on any atom is 0.169 e. The number of aromatic hydroxyl groups is 1.